The average molecular weight is 687 g/mol. The van der Waals surface area contributed by atoms with Gasteiger partial charge in [-0.1, -0.05) is 6.08 Å². The van der Waals surface area contributed by atoms with Crippen LogP contribution < -0.4 is 0 Å². The largest absolute Gasteiger partial charge is 0.472 e. The molecule has 0 saturated carbocycles. The molecule has 19 atom stereocenters. The van der Waals surface area contributed by atoms with Crippen molar-refractivity contribution in [2.75, 3.05) is 26.4 Å². The van der Waals surface area contributed by atoms with E-state index in [4.69, 9.17) is 33.2 Å². The lowest BCUT2D eigenvalue weighted by molar-refractivity contribution is -0.388. The van der Waals surface area contributed by atoms with E-state index in [9.17, 15) is 66.4 Å². The lowest BCUT2D eigenvalue weighted by Gasteiger charge is -2.50. The van der Waals surface area contributed by atoms with Crippen LogP contribution in [0, 0.1) is 5.92 Å². The molecule has 0 aromatic rings. The monoisotopic (exact) mass is 686 g/mol. The third-order valence-corrected chi connectivity index (χ3v) is 9.12. The highest BCUT2D eigenvalue weighted by Crippen LogP contribution is 2.48. The number of ether oxygens (including phenoxy) is 7. The van der Waals surface area contributed by atoms with Gasteiger partial charge in [-0.25, -0.2) is 0 Å². The van der Waals surface area contributed by atoms with Crippen molar-refractivity contribution in [3.63, 3.8) is 0 Å². The number of fused-ring (bicyclic) bond motifs is 1. The molecule has 0 spiro atoms. The van der Waals surface area contributed by atoms with Crippen molar-refractivity contribution in [3.8, 4) is 0 Å². The predicted molar refractivity (Wildman–Crippen MR) is 144 cm³/mol. The molecule has 0 unspecified atom stereocenters. The highest BCUT2D eigenvalue weighted by atomic mass is 16.8. The van der Waals surface area contributed by atoms with Crippen LogP contribution in [0.4, 0.5) is 0 Å². The van der Waals surface area contributed by atoms with E-state index in [2.05, 4.69) is 0 Å². The summed E-state index contributed by atoms with van der Waals surface area (Å²) in [6.07, 6.45) is -26.0. The van der Waals surface area contributed by atoms with E-state index in [1.54, 1.807) is 0 Å². The van der Waals surface area contributed by atoms with E-state index in [-0.39, 0.29) is 5.57 Å². The van der Waals surface area contributed by atoms with Gasteiger partial charge in [-0.05, 0) is 11.6 Å². The molecule has 13 N–H and O–H groups in total. The lowest BCUT2D eigenvalue weighted by Crippen LogP contribution is -2.67. The summed E-state index contributed by atoms with van der Waals surface area (Å²) >= 11 is 0. The van der Waals surface area contributed by atoms with Crippen LogP contribution in [0.15, 0.2) is 24.0 Å². The fraction of sp³-hybridized carbons (Fsp3) is 0.852. The molecule has 47 heavy (non-hydrogen) atoms. The third-order valence-electron chi connectivity index (χ3n) is 9.12. The van der Waals surface area contributed by atoms with Gasteiger partial charge in [-0.3, -0.25) is 0 Å². The SMILES string of the molecule is OCC1=C[C@@H](O)[C@@]2(O[C@@H]3O[C@H](CO)[C@@H](O)[C@H](O)[C@@H]3O[C@@H]3O[C@@H](CO)[C@@H](O)[C@H](O)[C@@H]3O)C=CO[C@@H](O[C@H]3O[C@H](CO)[C@@H](O)[C@H](O)[C@@H]3O)[C@H]12. The maximum Gasteiger partial charge on any atom is 0.211 e. The summed E-state index contributed by atoms with van der Waals surface area (Å²) in [4.78, 5) is 0. The second kappa shape index (κ2) is 14.8. The zero-order valence-electron chi connectivity index (χ0n) is 24.6. The van der Waals surface area contributed by atoms with Crippen molar-refractivity contribution in [3.05, 3.63) is 24.0 Å². The van der Waals surface area contributed by atoms with Crippen molar-refractivity contribution < 1.29 is 99.5 Å². The zero-order valence-corrected chi connectivity index (χ0v) is 24.6. The third kappa shape index (κ3) is 6.59. The molecule has 0 aromatic carbocycles. The predicted octanol–water partition coefficient (Wildman–Crippen LogP) is -8.04. The van der Waals surface area contributed by atoms with Gasteiger partial charge in [-0.2, -0.15) is 0 Å². The van der Waals surface area contributed by atoms with Gasteiger partial charge >= 0.3 is 0 Å². The van der Waals surface area contributed by atoms with Crippen LogP contribution in [0.1, 0.15) is 0 Å². The molecule has 20 heteroatoms. The molecule has 0 amide bonds. The van der Waals surface area contributed by atoms with Gasteiger partial charge in [0.15, 0.2) is 18.9 Å². The van der Waals surface area contributed by atoms with Gasteiger partial charge < -0.3 is 99.5 Å². The Morgan fingerprint density at radius 3 is 1.57 bits per heavy atom. The molecule has 3 saturated heterocycles. The number of aliphatic hydroxyl groups excluding tert-OH is 13. The normalized spacial score (nSPS) is 51.7. The van der Waals surface area contributed by atoms with Crippen LogP contribution in [0.25, 0.3) is 0 Å². The van der Waals surface area contributed by atoms with Gasteiger partial charge in [0.1, 0.15) is 85.0 Å². The number of hydrogen-bond acceptors (Lipinski definition) is 20. The van der Waals surface area contributed by atoms with E-state index >= 15 is 0 Å². The molecule has 20 nitrogen and oxygen atoms in total. The number of hydrogen-bond donors (Lipinski definition) is 13. The molecular weight excluding hydrogens is 644 g/mol. The Morgan fingerprint density at radius 1 is 0.574 bits per heavy atom. The Morgan fingerprint density at radius 2 is 1.06 bits per heavy atom. The summed E-state index contributed by atoms with van der Waals surface area (Å²) in [5.74, 6) is -1.31. The Balaban J connectivity index is 1.44. The minimum absolute atomic E-state index is 0.0675. The summed E-state index contributed by atoms with van der Waals surface area (Å²) in [6, 6.07) is 0. The Kier molecular flexibility index (Phi) is 11.6. The zero-order chi connectivity index (χ0) is 34.4. The van der Waals surface area contributed by atoms with Crippen LogP contribution in [-0.2, 0) is 33.2 Å². The van der Waals surface area contributed by atoms with E-state index in [1.807, 2.05) is 0 Å². The van der Waals surface area contributed by atoms with Gasteiger partial charge in [0.25, 0.3) is 0 Å². The van der Waals surface area contributed by atoms with Gasteiger partial charge in [0.2, 0.25) is 6.29 Å². The maximum atomic E-state index is 11.3. The topological polar surface area (TPSA) is 328 Å². The molecule has 3 fully saturated rings. The fourth-order valence-corrected chi connectivity index (χ4v) is 6.39. The molecule has 0 radical (unpaired) electrons. The lowest BCUT2D eigenvalue weighted by atomic mass is 9.82. The number of aliphatic hydroxyl groups is 13. The van der Waals surface area contributed by atoms with Gasteiger partial charge in [0.05, 0.1) is 38.6 Å². The van der Waals surface area contributed by atoms with Crippen molar-refractivity contribution in [2.24, 2.45) is 5.92 Å². The van der Waals surface area contributed by atoms with Crippen LogP contribution in [0.5, 0.6) is 0 Å². The van der Waals surface area contributed by atoms with Crippen molar-refractivity contribution >= 4 is 0 Å². The summed E-state index contributed by atoms with van der Waals surface area (Å²) in [7, 11) is 0. The van der Waals surface area contributed by atoms with Gasteiger partial charge in [0, 0.05) is 0 Å². The van der Waals surface area contributed by atoms with E-state index in [0.29, 0.717) is 0 Å². The standard InChI is InChI=1S/C27H42O20/c28-4-8-3-12(32)27(1-2-41-23(13(8)27)46-25-21(40)18(37)15(34)10(6-30)43-25)47-26-22(19(38)16(35)11(7-31)44-26)45-24-20(39)17(36)14(33)9(5-29)42-24/h1-3,9-26,28-40H,4-7H2/t9-,10+,11+,12+,13-,14+,15+,16+,17-,18-,19-,20-,21-,22-,23-,24-,25+,26-,27-/m0/s1. The molecule has 270 valence electrons. The molecule has 1 aliphatic carbocycles. The van der Waals surface area contributed by atoms with Crippen LogP contribution in [0.3, 0.4) is 0 Å². The second-order valence-corrected chi connectivity index (χ2v) is 11.9. The first-order chi connectivity index (χ1) is 22.3. The minimum Gasteiger partial charge on any atom is -0.472 e. The summed E-state index contributed by atoms with van der Waals surface area (Å²) in [5, 5.41) is 134. The molecular formula is C27H42O20. The highest BCUT2D eigenvalue weighted by Gasteiger charge is 2.61. The molecule has 5 rings (SSSR count). The van der Waals surface area contributed by atoms with Crippen LogP contribution >= 0.6 is 0 Å². The smallest absolute Gasteiger partial charge is 0.211 e. The number of rotatable bonds is 10. The Hall–Kier alpha value is -1.48. The van der Waals surface area contributed by atoms with Crippen LogP contribution in [-0.4, -0.2) is 203 Å². The first-order valence-electron chi connectivity index (χ1n) is 14.9. The molecule has 4 aliphatic heterocycles. The van der Waals surface area contributed by atoms with Gasteiger partial charge in [-0.15, -0.1) is 0 Å². The first kappa shape index (κ1) is 36.8. The van der Waals surface area contributed by atoms with E-state index in [0.717, 1.165) is 6.26 Å². The second-order valence-electron chi connectivity index (χ2n) is 11.9. The first-order valence-corrected chi connectivity index (χ1v) is 14.9. The average Bonchev–Trinajstić information content (AvgIpc) is 3.35. The van der Waals surface area contributed by atoms with Crippen molar-refractivity contribution in [1.29, 1.82) is 0 Å². The highest BCUT2D eigenvalue weighted by molar-refractivity contribution is 5.34. The summed E-state index contributed by atoms with van der Waals surface area (Å²) in [5.41, 5.74) is -1.95. The van der Waals surface area contributed by atoms with E-state index < -0.39 is 142 Å². The maximum absolute atomic E-state index is 11.3. The summed E-state index contributed by atoms with van der Waals surface area (Å²) < 4.78 is 39.8. The summed E-state index contributed by atoms with van der Waals surface area (Å²) in [6.45, 7) is -3.11. The molecule has 0 aromatic heterocycles. The quantitative estimate of drug-likeness (QED) is 0.0949. The van der Waals surface area contributed by atoms with Crippen molar-refractivity contribution in [2.45, 2.75) is 110 Å². The Labute approximate surface area is 266 Å². The molecule has 4 heterocycles. The minimum atomic E-state index is -2.02. The van der Waals surface area contributed by atoms with E-state index in [1.165, 1.54) is 12.2 Å². The van der Waals surface area contributed by atoms with Crippen LogP contribution in [0.2, 0.25) is 0 Å². The Bertz CT molecular complexity index is 1110. The molecule has 5 aliphatic rings. The van der Waals surface area contributed by atoms with Crippen molar-refractivity contribution in [1.82, 2.24) is 0 Å². The molecule has 0 bridgehead atoms. The fourth-order valence-electron chi connectivity index (χ4n) is 6.39.